The predicted molar refractivity (Wildman–Crippen MR) is 54.8 cm³/mol. The lowest BCUT2D eigenvalue weighted by Gasteiger charge is -2.10. The Morgan fingerprint density at radius 1 is 1.50 bits per heavy atom. The van der Waals surface area contributed by atoms with Crippen LogP contribution in [-0.4, -0.2) is 10.9 Å². The average Bonchev–Trinajstić information content (AvgIpc) is 2.50. The summed E-state index contributed by atoms with van der Waals surface area (Å²) in [6.07, 6.45) is 1.93. The number of hydrogen-bond acceptors (Lipinski definition) is 2. The van der Waals surface area contributed by atoms with Gasteiger partial charge in [-0.25, -0.2) is 0 Å². The van der Waals surface area contributed by atoms with Gasteiger partial charge in [0.25, 0.3) is 0 Å². The van der Waals surface area contributed by atoms with E-state index in [0.717, 1.165) is 29.5 Å². The highest BCUT2D eigenvalue weighted by Crippen LogP contribution is 2.39. The van der Waals surface area contributed by atoms with Gasteiger partial charge in [0.05, 0.1) is 0 Å². The van der Waals surface area contributed by atoms with Crippen molar-refractivity contribution in [2.75, 3.05) is 0 Å². The molecule has 2 nitrogen and oxygen atoms in total. The zero-order valence-electron chi connectivity index (χ0n) is 8.50. The Labute approximate surface area is 83.6 Å². The minimum absolute atomic E-state index is 0.0926. The number of Topliss-reactive ketones (excluding diaryl/α,β-unsaturated/α-hetero) is 1. The fraction of sp³-hybridized carbons (Fsp3) is 0.417. The molecule has 0 aromatic heterocycles. The Kier molecular flexibility index (Phi) is 2.06. The molecule has 1 N–H and O–H groups in total. The molecule has 2 rings (SSSR count). The molecule has 14 heavy (non-hydrogen) atoms. The Morgan fingerprint density at radius 2 is 2.21 bits per heavy atom. The highest BCUT2D eigenvalue weighted by Gasteiger charge is 2.25. The van der Waals surface area contributed by atoms with Crippen LogP contribution >= 0.6 is 0 Å². The minimum atomic E-state index is 0.0926. The molecule has 0 spiro atoms. The topological polar surface area (TPSA) is 37.3 Å². The maximum Gasteiger partial charge on any atom is 0.160 e. The molecule has 74 valence electrons. The van der Waals surface area contributed by atoms with Crippen LogP contribution in [0.5, 0.6) is 5.75 Å². The SMILES string of the molecule is CC(=O)c1ccc(O)c2c1C(C)CC2. The van der Waals surface area contributed by atoms with Gasteiger partial charge in [0.1, 0.15) is 5.75 Å². The fourth-order valence-electron chi connectivity index (χ4n) is 2.29. The normalized spacial score (nSPS) is 19.4. The molecule has 2 heteroatoms. The minimum Gasteiger partial charge on any atom is -0.508 e. The lowest BCUT2D eigenvalue weighted by atomic mass is 9.94. The summed E-state index contributed by atoms with van der Waals surface area (Å²) in [4.78, 5) is 11.4. The molecule has 1 aliphatic carbocycles. The van der Waals surface area contributed by atoms with E-state index in [1.54, 1.807) is 19.1 Å². The smallest absolute Gasteiger partial charge is 0.160 e. The Balaban J connectivity index is 2.66. The van der Waals surface area contributed by atoms with Crippen LogP contribution in [0.25, 0.3) is 0 Å². The molecule has 0 saturated carbocycles. The van der Waals surface area contributed by atoms with Gasteiger partial charge in [0.15, 0.2) is 5.78 Å². The molecule has 0 radical (unpaired) electrons. The van der Waals surface area contributed by atoms with E-state index >= 15 is 0 Å². The zero-order chi connectivity index (χ0) is 10.3. The van der Waals surface area contributed by atoms with Gasteiger partial charge in [-0.1, -0.05) is 6.92 Å². The number of phenolic OH excluding ortho intramolecular Hbond substituents is 1. The molecule has 1 unspecified atom stereocenters. The number of fused-ring (bicyclic) bond motifs is 1. The molecule has 0 amide bonds. The molecule has 0 fully saturated rings. The standard InChI is InChI=1S/C12H14O2/c1-7-3-4-10-11(14)6-5-9(8(2)13)12(7)10/h5-7,14H,3-4H2,1-2H3. The molecular weight excluding hydrogens is 176 g/mol. The number of ketones is 1. The number of hydrogen-bond donors (Lipinski definition) is 1. The van der Waals surface area contributed by atoms with Crippen LogP contribution in [0.15, 0.2) is 12.1 Å². The van der Waals surface area contributed by atoms with Crippen LogP contribution in [-0.2, 0) is 6.42 Å². The largest absolute Gasteiger partial charge is 0.508 e. The maximum atomic E-state index is 11.4. The van der Waals surface area contributed by atoms with Gasteiger partial charge in [0, 0.05) is 5.56 Å². The monoisotopic (exact) mass is 190 g/mol. The van der Waals surface area contributed by atoms with Crippen molar-refractivity contribution in [3.63, 3.8) is 0 Å². The Hall–Kier alpha value is -1.31. The van der Waals surface area contributed by atoms with Crippen molar-refractivity contribution in [3.8, 4) is 5.75 Å². The first-order valence-electron chi connectivity index (χ1n) is 4.97. The maximum absolute atomic E-state index is 11.4. The molecule has 1 aliphatic rings. The second-order valence-electron chi connectivity index (χ2n) is 4.02. The molecular formula is C12H14O2. The van der Waals surface area contributed by atoms with Crippen molar-refractivity contribution in [2.45, 2.75) is 32.6 Å². The highest BCUT2D eigenvalue weighted by atomic mass is 16.3. The Morgan fingerprint density at radius 3 is 2.86 bits per heavy atom. The predicted octanol–water partition coefficient (Wildman–Crippen LogP) is 2.64. The van der Waals surface area contributed by atoms with Crippen LogP contribution in [0, 0.1) is 0 Å². The van der Waals surface area contributed by atoms with E-state index in [9.17, 15) is 9.90 Å². The molecule has 0 saturated heterocycles. The van der Waals surface area contributed by atoms with E-state index in [1.165, 1.54) is 0 Å². The van der Waals surface area contributed by atoms with Gasteiger partial charge in [-0.05, 0) is 48.9 Å². The van der Waals surface area contributed by atoms with Crippen molar-refractivity contribution < 1.29 is 9.90 Å². The third-order valence-corrected chi connectivity index (χ3v) is 3.03. The summed E-state index contributed by atoms with van der Waals surface area (Å²) in [6.45, 7) is 3.69. The first-order chi connectivity index (χ1) is 6.61. The van der Waals surface area contributed by atoms with Gasteiger partial charge in [0.2, 0.25) is 0 Å². The summed E-state index contributed by atoms with van der Waals surface area (Å²) in [5, 5.41) is 9.64. The summed E-state index contributed by atoms with van der Waals surface area (Å²) >= 11 is 0. The van der Waals surface area contributed by atoms with Crippen molar-refractivity contribution in [1.29, 1.82) is 0 Å². The molecule has 0 bridgehead atoms. The van der Waals surface area contributed by atoms with Crippen molar-refractivity contribution in [1.82, 2.24) is 0 Å². The lowest BCUT2D eigenvalue weighted by Crippen LogP contribution is -2.01. The van der Waals surface area contributed by atoms with Crippen LogP contribution in [0.4, 0.5) is 0 Å². The van der Waals surface area contributed by atoms with Crippen molar-refractivity contribution in [2.24, 2.45) is 0 Å². The Bertz CT molecular complexity index is 394. The van der Waals surface area contributed by atoms with Crippen molar-refractivity contribution >= 4 is 5.78 Å². The molecule has 0 aliphatic heterocycles. The third kappa shape index (κ3) is 1.22. The van der Waals surface area contributed by atoms with E-state index in [4.69, 9.17) is 0 Å². The number of aromatic hydroxyl groups is 1. The van der Waals surface area contributed by atoms with Crippen LogP contribution in [0.1, 0.15) is 47.7 Å². The van der Waals surface area contributed by atoms with E-state index in [0.29, 0.717) is 11.7 Å². The number of benzene rings is 1. The van der Waals surface area contributed by atoms with E-state index in [1.807, 2.05) is 0 Å². The molecule has 0 heterocycles. The highest BCUT2D eigenvalue weighted by molar-refractivity contribution is 5.96. The van der Waals surface area contributed by atoms with E-state index in [2.05, 4.69) is 6.92 Å². The molecule has 1 atom stereocenters. The summed E-state index contributed by atoms with van der Waals surface area (Å²) in [6, 6.07) is 3.37. The summed E-state index contributed by atoms with van der Waals surface area (Å²) < 4.78 is 0. The first-order valence-corrected chi connectivity index (χ1v) is 4.97. The lowest BCUT2D eigenvalue weighted by molar-refractivity contribution is 0.101. The molecule has 1 aromatic carbocycles. The average molecular weight is 190 g/mol. The summed E-state index contributed by atoms with van der Waals surface area (Å²) in [5.41, 5.74) is 2.82. The number of carbonyl (C=O) groups excluding carboxylic acids is 1. The second kappa shape index (κ2) is 3.12. The van der Waals surface area contributed by atoms with Gasteiger partial charge < -0.3 is 5.11 Å². The zero-order valence-corrected chi connectivity index (χ0v) is 8.50. The van der Waals surface area contributed by atoms with E-state index in [-0.39, 0.29) is 5.78 Å². The van der Waals surface area contributed by atoms with Gasteiger partial charge in [-0.15, -0.1) is 0 Å². The van der Waals surface area contributed by atoms with E-state index < -0.39 is 0 Å². The van der Waals surface area contributed by atoms with Crippen molar-refractivity contribution in [3.05, 3.63) is 28.8 Å². The fourth-order valence-corrected chi connectivity index (χ4v) is 2.29. The number of carbonyl (C=O) groups is 1. The quantitative estimate of drug-likeness (QED) is 0.691. The summed E-state index contributed by atoms with van der Waals surface area (Å²) in [5.74, 6) is 0.834. The van der Waals surface area contributed by atoms with Crippen LogP contribution < -0.4 is 0 Å². The van der Waals surface area contributed by atoms with Gasteiger partial charge in [-0.3, -0.25) is 4.79 Å². The van der Waals surface area contributed by atoms with Crippen LogP contribution in [0.2, 0.25) is 0 Å². The third-order valence-electron chi connectivity index (χ3n) is 3.03. The van der Waals surface area contributed by atoms with Gasteiger partial charge >= 0.3 is 0 Å². The first kappa shape index (κ1) is 9.25. The number of phenols is 1. The molecule has 1 aromatic rings. The van der Waals surface area contributed by atoms with Gasteiger partial charge in [-0.2, -0.15) is 0 Å². The number of rotatable bonds is 1. The summed E-state index contributed by atoms with van der Waals surface area (Å²) in [7, 11) is 0. The van der Waals surface area contributed by atoms with Crippen LogP contribution in [0.3, 0.4) is 0 Å². The second-order valence-corrected chi connectivity index (χ2v) is 4.02.